The minimum absolute atomic E-state index is 0.125. The van der Waals surface area contributed by atoms with Crippen molar-refractivity contribution in [2.24, 2.45) is 0 Å². The molecule has 1 aliphatic rings. The number of urea groups is 1. The van der Waals surface area contributed by atoms with E-state index in [9.17, 15) is 9.59 Å². The summed E-state index contributed by atoms with van der Waals surface area (Å²) in [4.78, 5) is 25.5. The maximum Gasteiger partial charge on any atom is 0.317 e. The number of carbonyl (C=O) groups excluding carboxylic acids is 2. The highest BCUT2D eigenvalue weighted by atomic mass is 79.9. The predicted octanol–water partition coefficient (Wildman–Crippen LogP) is 2.05. The molecule has 0 fully saturated rings. The van der Waals surface area contributed by atoms with Gasteiger partial charge in [-0.2, -0.15) is 0 Å². The number of halogens is 1. The number of hydrogen-bond donors (Lipinski definition) is 1. The summed E-state index contributed by atoms with van der Waals surface area (Å²) in [7, 11) is 1.67. The fraction of sp³-hybridized carbons (Fsp3) is 0.385. The number of hydrogen-bond acceptors (Lipinski definition) is 3. The zero-order chi connectivity index (χ0) is 14.0. The number of ketones is 1. The number of amides is 2. The maximum atomic E-state index is 12.3. The summed E-state index contributed by atoms with van der Waals surface area (Å²) >= 11 is 3.32. The van der Waals surface area contributed by atoms with Gasteiger partial charge in [0.1, 0.15) is 18.4 Å². The van der Waals surface area contributed by atoms with E-state index >= 15 is 0 Å². The van der Waals surface area contributed by atoms with E-state index in [2.05, 4.69) is 21.2 Å². The van der Waals surface area contributed by atoms with Crippen LogP contribution in [0.25, 0.3) is 0 Å². The van der Waals surface area contributed by atoms with Crippen molar-refractivity contribution in [2.75, 3.05) is 20.2 Å². The first kappa shape index (κ1) is 13.9. The number of benzene rings is 1. The second-order valence-corrected chi connectivity index (χ2v) is 5.25. The van der Waals surface area contributed by atoms with Gasteiger partial charge in [0.25, 0.3) is 0 Å². The molecule has 0 saturated heterocycles. The van der Waals surface area contributed by atoms with Crippen LogP contribution in [0.4, 0.5) is 4.79 Å². The molecular formula is C13H15BrN2O3. The molecule has 0 bridgehead atoms. The molecule has 2 rings (SSSR count). The zero-order valence-electron chi connectivity index (χ0n) is 10.8. The molecule has 1 aliphatic heterocycles. The molecule has 1 atom stereocenters. The highest BCUT2D eigenvalue weighted by Crippen LogP contribution is 2.27. The summed E-state index contributed by atoms with van der Waals surface area (Å²) in [6.45, 7) is 2.61. The fourth-order valence-electron chi connectivity index (χ4n) is 1.77. The van der Waals surface area contributed by atoms with Crippen molar-refractivity contribution in [3.63, 3.8) is 0 Å². The van der Waals surface area contributed by atoms with Gasteiger partial charge in [-0.1, -0.05) is 15.9 Å². The summed E-state index contributed by atoms with van der Waals surface area (Å²) < 4.78 is 6.31. The molecule has 102 valence electrons. The third-order valence-corrected chi connectivity index (χ3v) is 3.54. The normalized spacial score (nSPS) is 17.4. The van der Waals surface area contributed by atoms with Gasteiger partial charge in [-0.15, -0.1) is 0 Å². The van der Waals surface area contributed by atoms with Crippen molar-refractivity contribution in [3.8, 4) is 5.75 Å². The van der Waals surface area contributed by atoms with E-state index in [0.29, 0.717) is 17.9 Å². The number of nitrogens with zero attached hydrogens (tertiary/aromatic N) is 1. The Kier molecular flexibility index (Phi) is 4.09. The van der Waals surface area contributed by atoms with Gasteiger partial charge in [-0.25, -0.2) is 4.79 Å². The second-order valence-electron chi connectivity index (χ2n) is 4.33. The van der Waals surface area contributed by atoms with Crippen LogP contribution in [0.1, 0.15) is 17.3 Å². The minimum Gasteiger partial charge on any atom is -0.490 e. The Morgan fingerprint density at radius 2 is 2.32 bits per heavy atom. The highest BCUT2D eigenvalue weighted by Gasteiger charge is 2.30. The lowest BCUT2D eigenvalue weighted by molar-refractivity contribution is 0.0869. The van der Waals surface area contributed by atoms with Crippen molar-refractivity contribution in [1.82, 2.24) is 10.2 Å². The van der Waals surface area contributed by atoms with E-state index < -0.39 is 6.04 Å². The van der Waals surface area contributed by atoms with Gasteiger partial charge in [0.05, 0.1) is 5.56 Å². The van der Waals surface area contributed by atoms with Crippen LogP contribution in [-0.4, -0.2) is 43.0 Å². The number of Topliss-reactive ketones (excluding diaryl/α,β-unsaturated/α-hetero) is 1. The predicted molar refractivity (Wildman–Crippen MR) is 74.6 cm³/mol. The summed E-state index contributed by atoms with van der Waals surface area (Å²) in [6.07, 6.45) is 0. The Balaban J connectivity index is 2.15. The first-order valence-electron chi connectivity index (χ1n) is 6.01. The summed E-state index contributed by atoms with van der Waals surface area (Å²) in [5, 5.41) is 2.68. The molecular weight excluding hydrogens is 312 g/mol. The smallest absolute Gasteiger partial charge is 0.317 e. The molecule has 1 unspecified atom stereocenters. The Labute approximate surface area is 120 Å². The topological polar surface area (TPSA) is 58.6 Å². The van der Waals surface area contributed by atoms with Crippen molar-refractivity contribution in [3.05, 3.63) is 28.2 Å². The van der Waals surface area contributed by atoms with E-state index in [1.165, 1.54) is 4.90 Å². The van der Waals surface area contributed by atoms with Crippen molar-refractivity contribution in [1.29, 1.82) is 0 Å². The maximum absolute atomic E-state index is 12.3. The molecule has 1 N–H and O–H groups in total. The number of nitrogens with one attached hydrogen (secondary N) is 1. The number of ether oxygens (including phenoxy) is 1. The quantitative estimate of drug-likeness (QED) is 0.904. The molecule has 0 aliphatic carbocycles. The fourth-order valence-corrected chi connectivity index (χ4v) is 2.13. The van der Waals surface area contributed by atoms with E-state index in [-0.39, 0.29) is 18.4 Å². The van der Waals surface area contributed by atoms with Gasteiger partial charge >= 0.3 is 6.03 Å². The van der Waals surface area contributed by atoms with Crippen LogP contribution in [0, 0.1) is 0 Å². The molecule has 2 amide bonds. The SMILES string of the molecule is CCN(C)C(=O)NC1COc2ccc(Br)cc2C1=O. The molecule has 0 aromatic heterocycles. The van der Waals surface area contributed by atoms with Gasteiger partial charge in [-0.3, -0.25) is 4.79 Å². The molecule has 5 nitrogen and oxygen atoms in total. The third kappa shape index (κ3) is 2.89. The lowest BCUT2D eigenvalue weighted by Crippen LogP contribution is -2.50. The van der Waals surface area contributed by atoms with Gasteiger partial charge in [0.15, 0.2) is 5.78 Å². The summed E-state index contributed by atoms with van der Waals surface area (Å²) in [5.74, 6) is 0.433. The van der Waals surface area contributed by atoms with E-state index in [1.54, 1.807) is 19.2 Å². The molecule has 0 spiro atoms. The second kappa shape index (κ2) is 5.61. The van der Waals surface area contributed by atoms with Crippen LogP contribution in [0.2, 0.25) is 0 Å². The summed E-state index contributed by atoms with van der Waals surface area (Å²) in [5.41, 5.74) is 0.491. The lowest BCUT2D eigenvalue weighted by Gasteiger charge is -2.26. The zero-order valence-corrected chi connectivity index (χ0v) is 12.4. The molecule has 1 aromatic rings. The average molecular weight is 327 g/mol. The Morgan fingerprint density at radius 1 is 1.58 bits per heavy atom. The molecule has 1 heterocycles. The molecule has 0 saturated carbocycles. The van der Waals surface area contributed by atoms with Crippen LogP contribution < -0.4 is 10.1 Å². The molecule has 6 heteroatoms. The standard InChI is InChI=1S/C13H15BrN2O3/c1-3-16(2)13(18)15-10-7-19-11-5-4-8(14)6-9(11)12(10)17/h4-6,10H,3,7H2,1-2H3,(H,15,18). The number of carbonyl (C=O) groups is 2. The first-order chi connectivity index (χ1) is 9.02. The Morgan fingerprint density at radius 3 is 3.00 bits per heavy atom. The highest BCUT2D eigenvalue weighted by molar-refractivity contribution is 9.10. The van der Waals surface area contributed by atoms with Gasteiger partial charge in [0, 0.05) is 18.1 Å². The van der Waals surface area contributed by atoms with Crippen LogP contribution in [0.3, 0.4) is 0 Å². The van der Waals surface area contributed by atoms with Crippen LogP contribution >= 0.6 is 15.9 Å². The van der Waals surface area contributed by atoms with Crippen LogP contribution in [0.5, 0.6) is 5.75 Å². The van der Waals surface area contributed by atoms with Gasteiger partial charge in [-0.05, 0) is 25.1 Å². The van der Waals surface area contributed by atoms with Crippen molar-refractivity contribution >= 4 is 27.7 Å². The molecule has 1 aromatic carbocycles. The van der Waals surface area contributed by atoms with Crippen molar-refractivity contribution in [2.45, 2.75) is 13.0 Å². The van der Waals surface area contributed by atoms with Crippen LogP contribution in [0.15, 0.2) is 22.7 Å². The van der Waals surface area contributed by atoms with Crippen LogP contribution in [-0.2, 0) is 0 Å². The van der Waals surface area contributed by atoms with Gasteiger partial charge < -0.3 is 15.0 Å². The minimum atomic E-state index is -0.636. The third-order valence-electron chi connectivity index (χ3n) is 3.05. The first-order valence-corrected chi connectivity index (χ1v) is 6.80. The number of rotatable bonds is 2. The molecule has 0 radical (unpaired) electrons. The number of fused-ring (bicyclic) bond motifs is 1. The Bertz CT molecular complexity index is 519. The molecule has 19 heavy (non-hydrogen) atoms. The van der Waals surface area contributed by atoms with E-state index in [4.69, 9.17) is 4.74 Å². The largest absolute Gasteiger partial charge is 0.490 e. The van der Waals surface area contributed by atoms with Gasteiger partial charge in [0.2, 0.25) is 0 Å². The monoisotopic (exact) mass is 326 g/mol. The van der Waals surface area contributed by atoms with E-state index in [0.717, 1.165) is 4.47 Å². The summed E-state index contributed by atoms with van der Waals surface area (Å²) in [6, 6.07) is 4.36. The average Bonchev–Trinajstić information content (AvgIpc) is 2.41. The Hall–Kier alpha value is -1.56. The van der Waals surface area contributed by atoms with E-state index in [1.807, 2.05) is 13.0 Å². The lowest BCUT2D eigenvalue weighted by atomic mass is 10.0. The van der Waals surface area contributed by atoms with Crippen molar-refractivity contribution < 1.29 is 14.3 Å².